The van der Waals surface area contributed by atoms with Crippen LogP contribution in [-0.2, 0) is 0 Å². The molecular formula is C13H10Br2N2O. The minimum atomic E-state index is 0.0251. The molecule has 2 rings (SSSR count). The van der Waals surface area contributed by atoms with Crippen LogP contribution in [0.1, 0.15) is 5.56 Å². The summed E-state index contributed by atoms with van der Waals surface area (Å²) in [4.78, 5) is 0. The average molecular weight is 370 g/mol. The highest BCUT2D eigenvalue weighted by atomic mass is 79.9. The number of ether oxygens (including phenoxy) is 1. The summed E-state index contributed by atoms with van der Waals surface area (Å²) in [5.41, 5.74) is 6.09. The summed E-state index contributed by atoms with van der Waals surface area (Å²) in [7, 11) is 0. The molecule has 5 heteroatoms. The van der Waals surface area contributed by atoms with E-state index in [2.05, 4.69) is 31.9 Å². The maximum atomic E-state index is 7.39. The first-order valence-corrected chi connectivity index (χ1v) is 6.72. The lowest BCUT2D eigenvalue weighted by Crippen LogP contribution is -2.11. The van der Waals surface area contributed by atoms with Gasteiger partial charge in [0.25, 0.3) is 0 Å². The van der Waals surface area contributed by atoms with Crippen molar-refractivity contribution in [3.63, 3.8) is 0 Å². The number of halogens is 2. The van der Waals surface area contributed by atoms with Crippen molar-refractivity contribution in [1.29, 1.82) is 5.41 Å². The highest BCUT2D eigenvalue weighted by Gasteiger charge is 2.05. The van der Waals surface area contributed by atoms with Crippen LogP contribution in [0.15, 0.2) is 51.4 Å². The van der Waals surface area contributed by atoms with Crippen molar-refractivity contribution in [1.82, 2.24) is 0 Å². The number of hydrogen-bond acceptors (Lipinski definition) is 2. The summed E-state index contributed by atoms with van der Waals surface area (Å²) < 4.78 is 7.43. The lowest BCUT2D eigenvalue weighted by atomic mass is 10.2. The van der Waals surface area contributed by atoms with Crippen molar-refractivity contribution >= 4 is 37.7 Å². The second-order valence-electron chi connectivity index (χ2n) is 3.61. The van der Waals surface area contributed by atoms with Crippen LogP contribution in [0, 0.1) is 5.41 Å². The van der Waals surface area contributed by atoms with E-state index in [4.69, 9.17) is 15.9 Å². The zero-order valence-electron chi connectivity index (χ0n) is 9.28. The van der Waals surface area contributed by atoms with Gasteiger partial charge in [0.2, 0.25) is 0 Å². The zero-order valence-corrected chi connectivity index (χ0v) is 12.5. The lowest BCUT2D eigenvalue weighted by molar-refractivity contribution is 0.482. The van der Waals surface area contributed by atoms with E-state index in [1.165, 1.54) is 0 Å². The molecule has 0 heterocycles. The molecule has 0 aromatic heterocycles. The molecule has 2 aromatic rings. The highest BCUT2D eigenvalue weighted by molar-refractivity contribution is 9.10. The molecule has 0 radical (unpaired) electrons. The summed E-state index contributed by atoms with van der Waals surface area (Å²) in [6, 6.07) is 12.9. The fourth-order valence-corrected chi connectivity index (χ4v) is 2.25. The van der Waals surface area contributed by atoms with E-state index in [9.17, 15) is 0 Å². The largest absolute Gasteiger partial charge is 0.457 e. The van der Waals surface area contributed by atoms with E-state index >= 15 is 0 Å². The Morgan fingerprint density at radius 2 is 1.61 bits per heavy atom. The van der Waals surface area contributed by atoms with Gasteiger partial charge < -0.3 is 10.5 Å². The predicted octanol–water partition coefficient (Wildman–Crippen LogP) is 4.29. The van der Waals surface area contributed by atoms with Crippen molar-refractivity contribution in [2.24, 2.45) is 5.73 Å². The van der Waals surface area contributed by atoms with Crippen molar-refractivity contribution in [3.05, 3.63) is 57.0 Å². The van der Waals surface area contributed by atoms with E-state index in [0.29, 0.717) is 11.3 Å². The van der Waals surface area contributed by atoms with Gasteiger partial charge in [0, 0.05) is 14.5 Å². The first kappa shape index (κ1) is 13.1. The zero-order chi connectivity index (χ0) is 13.1. The quantitative estimate of drug-likeness (QED) is 0.626. The molecule has 0 atom stereocenters. The van der Waals surface area contributed by atoms with Crippen molar-refractivity contribution in [2.45, 2.75) is 0 Å². The Morgan fingerprint density at radius 1 is 1.00 bits per heavy atom. The Morgan fingerprint density at radius 3 is 2.17 bits per heavy atom. The van der Waals surface area contributed by atoms with Gasteiger partial charge >= 0.3 is 0 Å². The number of nitrogen functional groups attached to an aromatic ring is 1. The summed E-state index contributed by atoms with van der Waals surface area (Å²) in [6.07, 6.45) is 0. The molecule has 0 aliphatic heterocycles. The molecule has 0 bridgehead atoms. The SMILES string of the molecule is N=C(N)c1ccc(Oc2ccc(Br)cc2)cc1Br. The fraction of sp³-hybridized carbons (Fsp3) is 0. The van der Waals surface area contributed by atoms with Crippen LogP contribution in [0.2, 0.25) is 0 Å². The van der Waals surface area contributed by atoms with Crippen LogP contribution in [-0.4, -0.2) is 5.84 Å². The normalized spacial score (nSPS) is 10.1. The molecule has 3 N–H and O–H groups in total. The van der Waals surface area contributed by atoms with Crippen LogP contribution in [0.3, 0.4) is 0 Å². The van der Waals surface area contributed by atoms with Gasteiger partial charge in [0.15, 0.2) is 0 Å². The van der Waals surface area contributed by atoms with Crippen LogP contribution >= 0.6 is 31.9 Å². The molecule has 3 nitrogen and oxygen atoms in total. The number of amidine groups is 1. The Hall–Kier alpha value is -1.33. The van der Waals surface area contributed by atoms with Crippen molar-refractivity contribution in [2.75, 3.05) is 0 Å². The second-order valence-corrected chi connectivity index (χ2v) is 5.38. The molecular weight excluding hydrogens is 360 g/mol. The molecule has 0 saturated heterocycles. The smallest absolute Gasteiger partial charge is 0.128 e. The molecule has 0 aliphatic carbocycles. The van der Waals surface area contributed by atoms with Gasteiger partial charge in [-0.2, -0.15) is 0 Å². The molecule has 0 fully saturated rings. The Balaban J connectivity index is 2.22. The summed E-state index contributed by atoms with van der Waals surface area (Å²) in [5, 5.41) is 7.39. The predicted molar refractivity (Wildman–Crippen MR) is 79.4 cm³/mol. The Kier molecular flexibility index (Phi) is 4.04. The number of nitrogens with two attached hydrogens (primary N) is 1. The Bertz CT molecular complexity index is 582. The summed E-state index contributed by atoms with van der Waals surface area (Å²) in [5.74, 6) is 1.46. The monoisotopic (exact) mass is 368 g/mol. The van der Waals surface area contributed by atoms with E-state index in [1.807, 2.05) is 24.3 Å². The molecule has 0 unspecified atom stereocenters. The molecule has 92 valence electrons. The summed E-state index contributed by atoms with van der Waals surface area (Å²) in [6.45, 7) is 0. The molecule has 2 aromatic carbocycles. The van der Waals surface area contributed by atoms with Gasteiger partial charge in [-0.15, -0.1) is 0 Å². The number of benzene rings is 2. The van der Waals surface area contributed by atoms with Crippen LogP contribution in [0.25, 0.3) is 0 Å². The number of rotatable bonds is 3. The van der Waals surface area contributed by atoms with E-state index in [0.717, 1.165) is 14.7 Å². The maximum Gasteiger partial charge on any atom is 0.128 e. The first-order valence-electron chi connectivity index (χ1n) is 5.13. The van der Waals surface area contributed by atoms with E-state index in [1.54, 1.807) is 18.2 Å². The van der Waals surface area contributed by atoms with Gasteiger partial charge in [-0.05, 0) is 58.4 Å². The maximum absolute atomic E-state index is 7.39. The topological polar surface area (TPSA) is 59.1 Å². The molecule has 0 saturated carbocycles. The minimum absolute atomic E-state index is 0.0251. The van der Waals surface area contributed by atoms with Crippen LogP contribution < -0.4 is 10.5 Å². The van der Waals surface area contributed by atoms with Crippen molar-refractivity contribution in [3.8, 4) is 11.5 Å². The van der Waals surface area contributed by atoms with Gasteiger partial charge in [-0.3, -0.25) is 5.41 Å². The third-order valence-corrected chi connectivity index (χ3v) is 3.46. The molecule has 0 spiro atoms. The second kappa shape index (κ2) is 5.54. The van der Waals surface area contributed by atoms with Crippen LogP contribution in [0.4, 0.5) is 0 Å². The van der Waals surface area contributed by atoms with Crippen molar-refractivity contribution < 1.29 is 4.74 Å². The van der Waals surface area contributed by atoms with E-state index in [-0.39, 0.29) is 5.84 Å². The lowest BCUT2D eigenvalue weighted by Gasteiger charge is -2.08. The minimum Gasteiger partial charge on any atom is -0.457 e. The number of hydrogen-bond donors (Lipinski definition) is 2. The fourth-order valence-electron chi connectivity index (χ4n) is 1.42. The van der Waals surface area contributed by atoms with Crippen LogP contribution in [0.5, 0.6) is 11.5 Å². The first-order chi connectivity index (χ1) is 8.56. The number of nitrogens with one attached hydrogen (secondary N) is 1. The van der Waals surface area contributed by atoms with Gasteiger partial charge in [0.05, 0.1) is 0 Å². The Labute approximate surface area is 122 Å². The van der Waals surface area contributed by atoms with E-state index < -0.39 is 0 Å². The molecule has 0 aliphatic rings. The van der Waals surface area contributed by atoms with Gasteiger partial charge in [0.1, 0.15) is 17.3 Å². The third-order valence-electron chi connectivity index (χ3n) is 2.28. The van der Waals surface area contributed by atoms with Gasteiger partial charge in [-0.25, -0.2) is 0 Å². The summed E-state index contributed by atoms with van der Waals surface area (Å²) >= 11 is 6.73. The van der Waals surface area contributed by atoms with Gasteiger partial charge in [-0.1, -0.05) is 15.9 Å². The average Bonchev–Trinajstić information content (AvgIpc) is 2.32. The molecule has 0 amide bonds. The highest BCUT2D eigenvalue weighted by Crippen LogP contribution is 2.27. The molecule has 18 heavy (non-hydrogen) atoms. The standard InChI is InChI=1S/C13H10Br2N2O/c14-8-1-3-9(4-2-8)18-10-5-6-11(13(16)17)12(15)7-10/h1-7H,(H3,16,17). The third kappa shape index (κ3) is 3.11.